The van der Waals surface area contributed by atoms with Gasteiger partial charge >= 0.3 is 0 Å². The van der Waals surface area contributed by atoms with Crippen LogP contribution in [-0.4, -0.2) is 0 Å². The van der Waals surface area contributed by atoms with Gasteiger partial charge in [0.25, 0.3) is 0 Å². The molecule has 0 spiro atoms. The van der Waals surface area contributed by atoms with Gasteiger partial charge in [-0.25, -0.2) is 0 Å². The summed E-state index contributed by atoms with van der Waals surface area (Å²) in [5.74, 6) is 0. The van der Waals surface area contributed by atoms with Crippen molar-refractivity contribution in [3.05, 3.63) is 176 Å². The Morgan fingerprint density at radius 2 is 0.788 bits per heavy atom. The number of fused-ring (bicyclic) bond motifs is 10. The van der Waals surface area contributed by atoms with Crippen LogP contribution in [-0.2, 0) is 0 Å². The molecule has 4 heteroatoms. The number of thiophene rings is 3. The molecule has 0 radical (unpaired) electrons. The number of hydrogen-bond acceptors (Lipinski definition) is 4. The maximum absolute atomic E-state index is 2.43. The van der Waals surface area contributed by atoms with E-state index in [0.29, 0.717) is 0 Å². The van der Waals surface area contributed by atoms with Crippen molar-refractivity contribution < 1.29 is 0 Å². The average molecular weight is 716 g/mol. The Morgan fingerprint density at radius 3 is 1.35 bits per heavy atom. The first-order chi connectivity index (χ1) is 25.7. The molecule has 0 aliphatic heterocycles. The van der Waals surface area contributed by atoms with Gasteiger partial charge in [-0.05, 0) is 93.3 Å². The molecule has 0 unspecified atom stereocenters. The fourth-order valence-corrected chi connectivity index (χ4v) is 11.1. The molecule has 8 aromatic carbocycles. The second-order valence-electron chi connectivity index (χ2n) is 13.3. The molecule has 3 heterocycles. The van der Waals surface area contributed by atoms with E-state index in [-0.39, 0.29) is 0 Å². The van der Waals surface area contributed by atoms with Gasteiger partial charge in [0.05, 0.1) is 0 Å². The summed E-state index contributed by atoms with van der Waals surface area (Å²) in [6.07, 6.45) is 0. The zero-order valence-electron chi connectivity index (χ0n) is 27.9. The fraction of sp³-hybridized carbons (Fsp3) is 0. The number of anilines is 3. The highest BCUT2D eigenvalue weighted by atomic mass is 32.1. The molecule has 0 fully saturated rings. The highest BCUT2D eigenvalue weighted by Gasteiger charge is 2.18. The van der Waals surface area contributed by atoms with Gasteiger partial charge in [-0.3, -0.25) is 0 Å². The number of benzene rings is 8. The first-order valence-corrected chi connectivity index (χ1v) is 19.9. The van der Waals surface area contributed by atoms with Crippen LogP contribution in [0, 0.1) is 0 Å². The van der Waals surface area contributed by atoms with Crippen LogP contribution >= 0.6 is 34.0 Å². The minimum atomic E-state index is 1.14. The maximum Gasteiger partial charge on any atom is 0.0476 e. The summed E-state index contributed by atoms with van der Waals surface area (Å²) in [4.78, 5) is 4.99. The summed E-state index contributed by atoms with van der Waals surface area (Å²) < 4.78 is 5.25. The van der Waals surface area contributed by atoms with E-state index in [9.17, 15) is 0 Å². The van der Waals surface area contributed by atoms with Crippen molar-refractivity contribution in [3.63, 3.8) is 0 Å². The second-order valence-corrected chi connectivity index (χ2v) is 16.5. The molecule has 0 bridgehead atoms. The van der Waals surface area contributed by atoms with Crippen LogP contribution in [0.25, 0.3) is 82.8 Å². The third kappa shape index (κ3) is 4.80. The van der Waals surface area contributed by atoms with Gasteiger partial charge < -0.3 is 4.90 Å². The zero-order chi connectivity index (χ0) is 34.2. The Bertz CT molecular complexity index is 2970. The number of rotatable bonds is 5. The van der Waals surface area contributed by atoms with Crippen molar-refractivity contribution in [1.82, 2.24) is 0 Å². The molecule has 0 saturated carbocycles. The molecule has 0 N–H and O–H groups in total. The van der Waals surface area contributed by atoms with Crippen LogP contribution in [0.2, 0.25) is 0 Å². The Hall–Kier alpha value is -5.78. The third-order valence-electron chi connectivity index (χ3n) is 10.3. The van der Waals surface area contributed by atoms with E-state index in [1.807, 2.05) is 34.0 Å². The molecular weight excluding hydrogens is 687 g/mol. The molecule has 0 amide bonds. The molecular formula is C48H29NS3. The summed E-state index contributed by atoms with van der Waals surface area (Å²) in [5, 5.41) is 10.5. The van der Waals surface area contributed by atoms with Crippen molar-refractivity contribution in [2.45, 2.75) is 0 Å². The molecule has 0 saturated heterocycles. The average Bonchev–Trinajstić information content (AvgIpc) is 3.94. The largest absolute Gasteiger partial charge is 0.310 e. The Balaban J connectivity index is 1.07. The standard InChI is InChI=1S/C48H29NS3/c1-2-10-32(11-3-1)41-26-27-42(50-41)33-14-18-34(19-15-33)49(35-20-22-39-45(28-35)51-43-24-16-30-8-4-6-12-37(30)47(39)43)36-21-23-40-46(29-36)52-44-25-17-31-9-5-7-13-38(31)48(40)44/h1-29H. The highest BCUT2D eigenvalue weighted by molar-refractivity contribution is 7.26. The first kappa shape index (κ1) is 29.9. The van der Waals surface area contributed by atoms with Crippen molar-refractivity contribution in [3.8, 4) is 20.9 Å². The second kappa shape index (κ2) is 11.9. The van der Waals surface area contributed by atoms with E-state index in [2.05, 4.69) is 181 Å². The molecule has 52 heavy (non-hydrogen) atoms. The topological polar surface area (TPSA) is 3.24 Å². The predicted molar refractivity (Wildman–Crippen MR) is 231 cm³/mol. The number of hydrogen-bond donors (Lipinski definition) is 0. The minimum Gasteiger partial charge on any atom is -0.310 e. The minimum absolute atomic E-state index is 1.14. The van der Waals surface area contributed by atoms with Crippen LogP contribution in [0.1, 0.15) is 0 Å². The summed E-state index contributed by atoms with van der Waals surface area (Å²) in [6, 6.07) is 64.8. The van der Waals surface area contributed by atoms with Crippen molar-refractivity contribution in [1.29, 1.82) is 0 Å². The molecule has 0 aliphatic carbocycles. The predicted octanol–water partition coefficient (Wildman–Crippen LogP) is 15.6. The zero-order valence-corrected chi connectivity index (χ0v) is 30.4. The first-order valence-electron chi connectivity index (χ1n) is 17.5. The highest BCUT2D eigenvalue weighted by Crippen LogP contribution is 2.46. The lowest BCUT2D eigenvalue weighted by atomic mass is 10.0. The van der Waals surface area contributed by atoms with Gasteiger partial charge in [0.15, 0.2) is 0 Å². The van der Waals surface area contributed by atoms with Crippen LogP contribution in [0.3, 0.4) is 0 Å². The Kier molecular flexibility index (Phi) is 6.84. The van der Waals surface area contributed by atoms with Crippen LogP contribution in [0.15, 0.2) is 176 Å². The van der Waals surface area contributed by atoms with E-state index in [1.165, 1.54) is 82.8 Å². The van der Waals surface area contributed by atoms with E-state index in [1.54, 1.807) is 0 Å². The van der Waals surface area contributed by atoms with Gasteiger partial charge in [0.1, 0.15) is 0 Å². The number of nitrogens with zero attached hydrogens (tertiary/aromatic N) is 1. The van der Waals surface area contributed by atoms with E-state index < -0.39 is 0 Å². The van der Waals surface area contributed by atoms with Gasteiger partial charge in [0, 0.05) is 67.2 Å². The molecule has 0 atom stereocenters. The van der Waals surface area contributed by atoms with E-state index in [4.69, 9.17) is 0 Å². The lowest BCUT2D eigenvalue weighted by molar-refractivity contribution is 1.30. The quantitative estimate of drug-likeness (QED) is 0.171. The molecule has 11 aromatic rings. The summed E-state index contributed by atoms with van der Waals surface area (Å²) >= 11 is 5.61. The molecule has 244 valence electrons. The Labute approximate surface area is 312 Å². The SMILES string of the molecule is c1ccc(-c2ccc(-c3ccc(N(c4ccc5c(c4)sc4ccc6ccccc6c45)c4ccc5c(c4)sc4ccc6ccccc6c45)cc3)s2)cc1. The monoisotopic (exact) mass is 715 g/mol. The summed E-state index contributed by atoms with van der Waals surface area (Å²) in [6.45, 7) is 0. The molecule has 1 nitrogen and oxygen atoms in total. The Morgan fingerprint density at radius 1 is 0.308 bits per heavy atom. The van der Waals surface area contributed by atoms with Gasteiger partial charge in [-0.1, -0.05) is 115 Å². The van der Waals surface area contributed by atoms with Crippen LogP contribution in [0.4, 0.5) is 17.1 Å². The fourth-order valence-electron chi connectivity index (χ4n) is 7.82. The summed E-state index contributed by atoms with van der Waals surface area (Å²) in [5.41, 5.74) is 5.94. The maximum atomic E-state index is 2.43. The van der Waals surface area contributed by atoms with E-state index >= 15 is 0 Å². The van der Waals surface area contributed by atoms with Gasteiger partial charge in [-0.2, -0.15) is 0 Å². The van der Waals surface area contributed by atoms with Crippen LogP contribution in [0.5, 0.6) is 0 Å². The van der Waals surface area contributed by atoms with Crippen molar-refractivity contribution >= 4 is 113 Å². The molecule has 3 aromatic heterocycles. The van der Waals surface area contributed by atoms with E-state index in [0.717, 1.165) is 17.1 Å². The van der Waals surface area contributed by atoms with Crippen molar-refractivity contribution in [2.75, 3.05) is 4.90 Å². The van der Waals surface area contributed by atoms with Gasteiger partial charge in [0.2, 0.25) is 0 Å². The third-order valence-corrected chi connectivity index (χ3v) is 13.7. The normalized spacial score (nSPS) is 11.8. The lowest BCUT2D eigenvalue weighted by Crippen LogP contribution is -2.09. The smallest absolute Gasteiger partial charge is 0.0476 e. The molecule has 11 rings (SSSR count). The van der Waals surface area contributed by atoms with Crippen LogP contribution < -0.4 is 4.90 Å². The lowest BCUT2D eigenvalue weighted by Gasteiger charge is -2.26. The van der Waals surface area contributed by atoms with Crippen molar-refractivity contribution in [2.24, 2.45) is 0 Å². The summed E-state index contributed by atoms with van der Waals surface area (Å²) in [7, 11) is 0. The van der Waals surface area contributed by atoms with Gasteiger partial charge in [-0.15, -0.1) is 34.0 Å². The molecule has 0 aliphatic rings.